The lowest BCUT2D eigenvalue weighted by Crippen LogP contribution is -2.34. The Kier molecular flexibility index (Phi) is 4.84. The second-order valence-electron chi connectivity index (χ2n) is 5.02. The van der Waals surface area contributed by atoms with Gasteiger partial charge >= 0.3 is 0 Å². The van der Waals surface area contributed by atoms with Gasteiger partial charge in [-0.25, -0.2) is 0 Å². The number of nitrogens with one attached hydrogen (secondary N) is 1. The van der Waals surface area contributed by atoms with E-state index in [4.69, 9.17) is 8.94 Å². The van der Waals surface area contributed by atoms with Gasteiger partial charge in [0.05, 0.1) is 30.8 Å². The van der Waals surface area contributed by atoms with E-state index in [0.29, 0.717) is 24.8 Å². The summed E-state index contributed by atoms with van der Waals surface area (Å²) in [4.78, 5) is 19.0. The van der Waals surface area contributed by atoms with Crippen molar-refractivity contribution in [1.82, 2.24) is 20.4 Å². The molecule has 3 rings (SSSR count). The van der Waals surface area contributed by atoms with Crippen molar-refractivity contribution in [3.8, 4) is 10.7 Å². The van der Waals surface area contributed by atoms with Crippen molar-refractivity contribution in [3.63, 3.8) is 0 Å². The van der Waals surface area contributed by atoms with Crippen LogP contribution < -0.4 is 5.32 Å². The van der Waals surface area contributed by atoms with Crippen molar-refractivity contribution in [2.24, 2.45) is 0 Å². The minimum atomic E-state index is -0.0955. The molecule has 0 saturated carbocycles. The molecule has 0 radical (unpaired) electrons. The van der Waals surface area contributed by atoms with E-state index in [0.717, 1.165) is 10.6 Å². The molecule has 3 aromatic rings. The fraction of sp³-hybridized carbons (Fsp3) is 0.267. The van der Waals surface area contributed by atoms with Crippen molar-refractivity contribution < 1.29 is 13.7 Å². The molecular weight excluding hydrogens is 316 g/mol. The van der Waals surface area contributed by atoms with Crippen LogP contribution in [0.15, 0.2) is 44.8 Å². The highest BCUT2D eigenvalue weighted by molar-refractivity contribution is 7.13. The summed E-state index contributed by atoms with van der Waals surface area (Å²) in [6.07, 6.45) is 1.58. The van der Waals surface area contributed by atoms with Gasteiger partial charge in [0, 0.05) is 0 Å². The molecule has 0 aromatic carbocycles. The van der Waals surface area contributed by atoms with E-state index in [1.165, 1.54) is 0 Å². The van der Waals surface area contributed by atoms with Crippen LogP contribution >= 0.6 is 11.3 Å². The van der Waals surface area contributed by atoms with Gasteiger partial charge in [0.25, 0.3) is 0 Å². The van der Waals surface area contributed by atoms with Gasteiger partial charge in [0.2, 0.25) is 17.6 Å². The topological polar surface area (TPSA) is 84.4 Å². The lowest BCUT2D eigenvalue weighted by molar-refractivity contribution is -0.122. The number of carbonyl (C=O) groups excluding carboxylic acids is 1. The molecule has 3 heterocycles. The van der Waals surface area contributed by atoms with Crippen molar-refractivity contribution in [1.29, 1.82) is 0 Å². The average Bonchev–Trinajstić information content (AvgIpc) is 3.26. The molecule has 0 atom stereocenters. The quantitative estimate of drug-likeness (QED) is 0.713. The third-order valence-corrected chi connectivity index (χ3v) is 3.93. The number of hydrogen-bond donors (Lipinski definition) is 1. The van der Waals surface area contributed by atoms with Crippen LogP contribution in [0.2, 0.25) is 0 Å². The standard InChI is InChI=1S/C15H16N4O3S/c1-19(9-13(20)16-8-11-4-2-6-21-11)10-14-17-15(18-22-14)12-5-3-7-23-12/h2-7H,8-10H2,1H3,(H,16,20). The highest BCUT2D eigenvalue weighted by atomic mass is 32.1. The number of thiophene rings is 1. The summed E-state index contributed by atoms with van der Waals surface area (Å²) < 4.78 is 10.4. The van der Waals surface area contributed by atoms with Crippen LogP contribution in [-0.4, -0.2) is 34.5 Å². The SMILES string of the molecule is CN(CC(=O)NCc1ccco1)Cc1nc(-c2cccs2)no1. The number of likely N-dealkylation sites (N-methyl/N-ethyl adjacent to an activating group) is 1. The fourth-order valence-electron chi connectivity index (χ4n) is 2.01. The second-order valence-corrected chi connectivity index (χ2v) is 5.97. The van der Waals surface area contributed by atoms with Crippen LogP contribution in [0.1, 0.15) is 11.7 Å². The molecule has 0 aliphatic heterocycles. The Labute approximate surface area is 136 Å². The molecule has 0 spiro atoms. The maximum atomic E-state index is 11.9. The van der Waals surface area contributed by atoms with Crippen molar-refractivity contribution in [3.05, 3.63) is 47.6 Å². The molecule has 0 fully saturated rings. The Hall–Kier alpha value is -2.45. The monoisotopic (exact) mass is 332 g/mol. The number of amides is 1. The van der Waals surface area contributed by atoms with Gasteiger partial charge < -0.3 is 14.3 Å². The summed E-state index contributed by atoms with van der Waals surface area (Å²) in [5, 5.41) is 8.69. The summed E-state index contributed by atoms with van der Waals surface area (Å²) in [7, 11) is 1.82. The number of aromatic nitrogens is 2. The predicted molar refractivity (Wildman–Crippen MR) is 84.5 cm³/mol. The molecule has 7 nitrogen and oxygen atoms in total. The molecule has 0 saturated heterocycles. The number of rotatable bonds is 7. The zero-order valence-corrected chi connectivity index (χ0v) is 13.4. The first-order chi connectivity index (χ1) is 11.2. The van der Waals surface area contributed by atoms with Gasteiger partial charge in [-0.15, -0.1) is 11.3 Å². The molecule has 1 amide bonds. The highest BCUT2D eigenvalue weighted by Crippen LogP contribution is 2.21. The number of carbonyl (C=O) groups is 1. The lowest BCUT2D eigenvalue weighted by atomic mass is 10.4. The first-order valence-electron chi connectivity index (χ1n) is 7.05. The Bertz CT molecular complexity index is 737. The van der Waals surface area contributed by atoms with Crippen LogP contribution in [0, 0.1) is 0 Å². The van der Waals surface area contributed by atoms with E-state index in [9.17, 15) is 4.79 Å². The average molecular weight is 332 g/mol. The van der Waals surface area contributed by atoms with Crippen LogP contribution in [0.4, 0.5) is 0 Å². The fourth-order valence-corrected chi connectivity index (χ4v) is 2.66. The third-order valence-electron chi connectivity index (χ3n) is 3.07. The van der Waals surface area contributed by atoms with Gasteiger partial charge in [0.15, 0.2) is 0 Å². The van der Waals surface area contributed by atoms with Gasteiger partial charge in [-0.2, -0.15) is 4.98 Å². The van der Waals surface area contributed by atoms with Crippen LogP contribution in [0.25, 0.3) is 10.7 Å². The van der Waals surface area contributed by atoms with E-state index in [1.807, 2.05) is 35.5 Å². The first kappa shape index (κ1) is 15.4. The smallest absolute Gasteiger partial charge is 0.241 e. The predicted octanol–water partition coefficient (Wildman–Crippen LogP) is 2.14. The third kappa shape index (κ3) is 4.27. The van der Waals surface area contributed by atoms with E-state index in [-0.39, 0.29) is 12.5 Å². The van der Waals surface area contributed by atoms with Gasteiger partial charge in [-0.1, -0.05) is 11.2 Å². The maximum Gasteiger partial charge on any atom is 0.241 e. The van der Waals surface area contributed by atoms with E-state index >= 15 is 0 Å². The maximum absolute atomic E-state index is 11.9. The number of nitrogens with zero attached hydrogens (tertiary/aromatic N) is 3. The summed E-state index contributed by atoms with van der Waals surface area (Å²) in [6.45, 7) is 1.02. The largest absolute Gasteiger partial charge is 0.467 e. The first-order valence-corrected chi connectivity index (χ1v) is 7.93. The van der Waals surface area contributed by atoms with E-state index < -0.39 is 0 Å². The molecule has 1 N–H and O–H groups in total. The Morgan fingerprint density at radius 2 is 2.30 bits per heavy atom. The summed E-state index contributed by atoms with van der Waals surface area (Å²) in [5.74, 6) is 1.68. The van der Waals surface area contributed by atoms with Crippen molar-refractivity contribution >= 4 is 17.2 Å². The zero-order chi connectivity index (χ0) is 16.1. The van der Waals surface area contributed by atoms with Crippen LogP contribution in [0.3, 0.4) is 0 Å². The number of furan rings is 1. The molecule has 0 unspecified atom stereocenters. The molecule has 23 heavy (non-hydrogen) atoms. The molecule has 8 heteroatoms. The minimum absolute atomic E-state index is 0.0955. The normalized spacial score (nSPS) is 11.0. The molecular formula is C15H16N4O3S. The summed E-state index contributed by atoms with van der Waals surface area (Å²) in [6, 6.07) is 7.47. The number of hydrogen-bond acceptors (Lipinski definition) is 7. The minimum Gasteiger partial charge on any atom is -0.467 e. The van der Waals surface area contributed by atoms with Gasteiger partial charge in [0.1, 0.15) is 5.76 Å². The van der Waals surface area contributed by atoms with E-state index in [1.54, 1.807) is 23.7 Å². The molecule has 120 valence electrons. The molecule has 0 bridgehead atoms. The Balaban J connectivity index is 1.47. The summed E-state index contributed by atoms with van der Waals surface area (Å²) >= 11 is 1.55. The van der Waals surface area contributed by atoms with Crippen LogP contribution in [0.5, 0.6) is 0 Å². The molecule has 0 aliphatic carbocycles. The molecule has 3 aromatic heterocycles. The Morgan fingerprint density at radius 1 is 1.39 bits per heavy atom. The van der Waals surface area contributed by atoms with Gasteiger partial charge in [-0.05, 0) is 30.6 Å². The van der Waals surface area contributed by atoms with Gasteiger partial charge in [-0.3, -0.25) is 9.69 Å². The van der Waals surface area contributed by atoms with Crippen molar-refractivity contribution in [2.75, 3.05) is 13.6 Å². The van der Waals surface area contributed by atoms with Crippen LogP contribution in [-0.2, 0) is 17.9 Å². The highest BCUT2D eigenvalue weighted by Gasteiger charge is 2.13. The summed E-state index contributed by atoms with van der Waals surface area (Å²) in [5.41, 5.74) is 0. The van der Waals surface area contributed by atoms with Crippen molar-refractivity contribution in [2.45, 2.75) is 13.1 Å². The lowest BCUT2D eigenvalue weighted by Gasteiger charge is -2.13. The second kappa shape index (κ2) is 7.21. The zero-order valence-electron chi connectivity index (χ0n) is 12.6. The van der Waals surface area contributed by atoms with E-state index in [2.05, 4.69) is 15.5 Å². The molecule has 0 aliphatic rings. The Morgan fingerprint density at radius 3 is 3.04 bits per heavy atom.